The molecule has 0 radical (unpaired) electrons. The number of nitrogens with one attached hydrogen (secondary N) is 1. The fourth-order valence-corrected chi connectivity index (χ4v) is 2.30. The molecule has 5 heteroatoms. The summed E-state index contributed by atoms with van der Waals surface area (Å²) in [5, 5.41) is 0. The predicted octanol–water partition coefficient (Wildman–Crippen LogP) is 2.94. The molecule has 3 aromatic rings. The van der Waals surface area contributed by atoms with Gasteiger partial charge in [0, 0.05) is 12.6 Å². The maximum Gasteiger partial charge on any atom is 0.326 e. The molecule has 2 aromatic carbocycles. The SMILES string of the molecule is O=c1[nH]c2ccccc2n1CCCOc1cccc(F)c1. The smallest absolute Gasteiger partial charge is 0.326 e. The van der Waals surface area contributed by atoms with Gasteiger partial charge >= 0.3 is 5.69 Å². The van der Waals surface area contributed by atoms with Gasteiger partial charge in [0.15, 0.2) is 0 Å². The molecule has 21 heavy (non-hydrogen) atoms. The van der Waals surface area contributed by atoms with Crippen molar-refractivity contribution in [2.45, 2.75) is 13.0 Å². The van der Waals surface area contributed by atoms with E-state index in [-0.39, 0.29) is 11.5 Å². The molecule has 0 saturated heterocycles. The van der Waals surface area contributed by atoms with Gasteiger partial charge in [0.05, 0.1) is 17.6 Å². The van der Waals surface area contributed by atoms with Crippen LogP contribution in [-0.2, 0) is 6.54 Å². The van der Waals surface area contributed by atoms with Crippen LogP contribution in [0.15, 0.2) is 53.3 Å². The molecule has 0 spiro atoms. The number of H-pyrrole nitrogens is 1. The van der Waals surface area contributed by atoms with Crippen LogP contribution in [0.3, 0.4) is 0 Å². The molecule has 1 heterocycles. The molecule has 0 aliphatic carbocycles. The predicted molar refractivity (Wildman–Crippen MR) is 79.1 cm³/mol. The number of halogens is 1. The lowest BCUT2D eigenvalue weighted by Crippen LogP contribution is -2.18. The number of imidazole rings is 1. The summed E-state index contributed by atoms with van der Waals surface area (Å²) in [7, 11) is 0. The maximum absolute atomic E-state index is 13.0. The number of ether oxygens (including phenoxy) is 1. The minimum atomic E-state index is -0.319. The van der Waals surface area contributed by atoms with Crippen LogP contribution < -0.4 is 10.4 Å². The number of fused-ring (bicyclic) bond motifs is 1. The number of nitrogens with zero attached hydrogens (tertiary/aromatic N) is 1. The van der Waals surface area contributed by atoms with Crippen molar-refractivity contribution < 1.29 is 9.13 Å². The van der Waals surface area contributed by atoms with Crippen LogP contribution in [0.4, 0.5) is 4.39 Å². The lowest BCUT2D eigenvalue weighted by Gasteiger charge is -2.07. The molecule has 108 valence electrons. The Morgan fingerprint density at radius 2 is 2.00 bits per heavy atom. The summed E-state index contributed by atoms with van der Waals surface area (Å²) in [6, 6.07) is 13.6. The molecule has 0 saturated carbocycles. The monoisotopic (exact) mass is 286 g/mol. The van der Waals surface area contributed by atoms with E-state index in [1.54, 1.807) is 16.7 Å². The van der Waals surface area contributed by atoms with Crippen molar-refractivity contribution in [3.8, 4) is 5.75 Å². The first-order valence-electron chi connectivity index (χ1n) is 6.80. The van der Waals surface area contributed by atoms with Crippen LogP contribution in [0.5, 0.6) is 5.75 Å². The third kappa shape index (κ3) is 2.97. The van der Waals surface area contributed by atoms with Gasteiger partial charge in [-0.05, 0) is 30.7 Å². The number of rotatable bonds is 5. The Morgan fingerprint density at radius 3 is 2.86 bits per heavy atom. The third-order valence-corrected chi connectivity index (χ3v) is 3.27. The van der Waals surface area contributed by atoms with Crippen molar-refractivity contribution >= 4 is 11.0 Å². The van der Waals surface area contributed by atoms with Gasteiger partial charge in [-0.2, -0.15) is 0 Å². The third-order valence-electron chi connectivity index (χ3n) is 3.27. The van der Waals surface area contributed by atoms with E-state index in [1.807, 2.05) is 24.3 Å². The highest BCUT2D eigenvalue weighted by Gasteiger charge is 2.05. The zero-order valence-corrected chi connectivity index (χ0v) is 11.4. The summed E-state index contributed by atoms with van der Waals surface area (Å²) in [6.07, 6.45) is 0.665. The van der Waals surface area contributed by atoms with E-state index in [0.717, 1.165) is 11.0 Å². The molecule has 4 nitrogen and oxygen atoms in total. The molecule has 3 rings (SSSR count). The highest BCUT2D eigenvalue weighted by molar-refractivity contribution is 5.74. The largest absolute Gasteiger partial charge is 0.493 e. The first kappa shape index (κ1) is 13.4. The Balaban J connectivity index is 1.62. The van der Waals surface area contributed by atoms with Crippen molar-refractivity contribution in [1.29, 1.82) is 0 Å². The van der Waals surface area contributed by atoms with E-state index in [1.165, 1.54) is 12.1 Å². The zero-order chi connectivity index (χ0) is 14.7. The molecule has 0 atom stereocenters. The van der Waals surface area contributed by atoms with Crippen molar-refractivity contribution in [2.75, 3.05) is 6.61 Å². The standard InChI is InChI=1S/C16H15FN2O2/c17-12-5-3-6-13(11-12)21-10-4-9-19-15-8-2-1-7-14(15)18-16(19)20/h1-3,5-8,11H,4,9-10H2,(H,18,20). The van der Waals surface area contributed by atoms with Crippen LogP contribution in [0.25, 0.3) is 11.0 Å². The van der Waals surface area contributed by atoms with Gasteiger partial charge in [0.25, 0.3) is 0 Å². The molecule has 0 aliphatic heterocycles. The second kappa shape index (κ2) is 5.83. The Bertz CT molecular complexity index is 807. The van der Waals surface area contributed by atoms with Crippen molar-refractivity contribution in [3.05, 3.63) is 64.8 Å². The van der Waals surface area contributed by atoms with Crippen LogP contribution >= 0.6 is 0 Å². The zero-order valence-electron chi connectivity index (χ0n) is 11.4. The summed E-state index contributed by atoms with van der Waals surface area (Å²) >= 11 is 0. The lowest BCUT2D eigenvalue weighted by molar-refractivity contribution is 0.300. The number of aromatic amines is 1. The minimum Gasteiger partial charge on any atom is -0.493 e. The van der Waals surface area contributed by atoms with E-state index in [9.17, 15) is 9.18 Å². The molecule has 0 bridgehead atoms. The van der Waals surface area contributed by atoms with E-state index < -0.39 is 0 Å². The number of aromatic nitrogens is 2. The lowest BCUT2D eigenvalue weighted by atomic mass is 10.3. The van der Waals surface area contributed by atoms with Gasteiger partial charge in [0.2, 0.25) is 0 Å². The molecular formula is C16H15FN2O2. The number of aryl methyl sites for hydroxylation is 1. The Labute approximate surface area is 120 Å². The maximum atomic E-state index is 13.0. The van der Waals surface area contributed by atoms with E-state index in [2.05, 4.69) is 4.98 Å². The van der Waals surface area contributed by atoms with Gasteiger partial charge in [-0.3, -0.25) is 4.57 Å². The van der Waals surface area contributed by atoms with Gasteiger partial charge in [0.1, 0.15) is 11.6 Å². The average molecular weight is 286 g/mol. The molecule has 0 aliphatic rings. The van der Waals surface area contributed by atoms with Crippen molar-refractivity contribution in [1.82, 2.24) is 9.55 Å². The molecule has 0 amide bonds. The van der Waals surface area contributed by atoms with Crippen LogP contribution in [-0.4, -0.2) is 16.2 Å². The Hall–Kier alpha value is -2.56. The number of hydrogen-bond donors (Lipinski definition) is 1. The normalized spacial score (nSPS) is 10.9. The van der Waals surface area contributed by atoms with Gasteiger partial charge in [-0.25, -0.2) is 9.18 Å². The summed E-state index contributed by atoms with van der Waals surface area (Å²) in [5.74, 6) is 0.182. The van der Waals surface area contributed by atoms with E-state index in [0.29, 0.717) is 25.3 Å². The number of hydrogen-bond acceptors (Lipinski definition) is 2. The molecule has 0 unspecified atom stereocenters. The van der Waals surface area contributed by atoms with Gasteiger partial charge in [-0.1, -0.05) is 18.2 Å². The summed E-state index contributed by atoms with van der Waals surface area (Å²) in [6.45, 7) is 0.980. The average Bonchev–Trinajstić information content (AvgIpc) is 2.79. The van der Waals surface area contributed by atoms with Crippen LogP contribution in [0.2, 0.25) is 0 Å². The van der Waals surface area contributed by atoms with Crippen molar-refractivity contribution in [2.24, 2.45) is 0 Å². The highest BCUT2D eigenvalue weighted by atomic mass is 19.1. The second-order valence-corrected chi connectivity index (χ2v) is 4.76. The minimum absolute atomic E-state index is 0.123. The fraction of sp³-hybridized carbons (Fsp3) is 0.188. The van der Waals surface area contributed by atoms with Gasteiger partial charge in [-0.15, -0.1) is 0 Å². The van der Waals surface area contributed by atoms with Crippen LogP contribution in [0, 0.1) is 5.82 Å². The summed E-state index contributed by atoms with van der Waals surface area (Å²) in [4.78, 5) is 14.7. The van der Waals surface area contributed by atoms with Crippen LogP contribution in [0.1, 0.15) is 6.42 Å². The second-order valence-electron chi connectivity index (χ2n) is 4.76. The summed E-state index contributed by atoms with van der Waals surface area (Å²) in [5.41, 5.74) is 1.59. The topological polar surface area (TPSA) is 47.0 Å². The first-order valence-corrected chi connectivity index (χ1v) is 6.80. The fourth-order valence-electron chi connectivity index (χ4n) is 2.30. The van der Waals surface area contributed by atoms with Gasteiger partial charge < -0.3 is 9.72 Å². The van der Waals surface area contributed by atoms with E-state index in [4.69, 9.17) is 4.74 Å². The quantitative estimate of drug-likeness (QED) is 0.733. The number of benzene rings is 2. The molecule has 1 N–H and O–H groups in total. The Kier molecular flexibility index (Phi) is 3.73. The Morgan fingerprint density at radius 1 is 1.14 bits per heavy atom. The molecule has 0 fully saturated rings. The first-order chi connectivity index (χ1) is 10.2. The van der Waals surface area contributed by atoms with Crippen molar-refractivity contribution in [3.63, 3.8) is 0 Å². The number of para-hydroxylation sites is 2. The highest BCUT2D eigenvalue weighted by Crippen LogP contribution is 2.13. The van der Waals surface area contributed by atoms with E-state index >= 15 is 0 Å². The molecule has 1 aromatic heterocycles. The molecular weight excluding hydrogens is 271 g/mol. The summed E-state index contributed by atoms with van der Waals surface area (Å²) < 4.78 is 20.2.